The Morgan fingerprint density at radius 2 is 2.00 bits per heavy atom. The van der Waals surface area contributed by atoms with Crippen molar-refractivity contribution in [2.45, 2.75) is 13.3 Å². The van der Waals surface area contributed by atoms with Gasteiger partial charge in [-0.1, -0.05) is 29.8 Å². The summed E-state index contributed by atoms with van der Waals surface area (Å²) in [6.45, 7) is 5.39. The van der Waals surface area contributed by atoms with Crippen LogP contribution in [0.25, 0.3) is 6.08 Å². The van der Waals surface area contributed by atoms with Crippen molar-refractivity contribution in [3.8, 4) is 11.8 Å². The van der Waals surface area contributed by atoms with Crippen LogP contribution >= 0.6 is 11.6 Å². The van der Waals surface area contributed by atoms with Crippen LogP contribution in [0.4, 0.5) is 10.5 Å². The number of anilines is 1. The van der Waals surface area contributed by atoms with Crippen molar-refractivity contribution in [3.05, 3.63) is 76.3 Å². The molecule has 0 atom stereocenters. The molecule has 2 aromatic rings. The van der Waals surface area contributed by atoms with E-state index in [-0.39, 0.29) is 17.9 Å². The van der Waals surface area contributed by atoms with Gasteiger partial charge in [0.2, 0.25) is 0 Å². The Bertz CT molecular complexity index is 1160. The van der Waals surface area contributed by atoms with Gasteiger partial charge in [-0.2, -0.15) is 5.26 Å². The van der Waals surface area contributed by atoms with Crippen molar-refractivity contribution in [1.29, 1.82) is 5.26 Å². The summed E-state index contributed by atoms with van der Waals surface area (Å²) in [6, 6.07) is 10.8. The number of carbonyl (C=O) groups is 3. The molecule has 156 valence electrons. The number of barbiturate groups is 1. The van der Waals surface area contributed by atoms with Crippen LogP contribution in [0.1, 0.15) is 16.7 Å². The van der Waals surface area contributed by atoms with Crippen LogP contribution in [0, 0.1) is 18.3 Å². The third kappa shape index (κ3) is 4.65. The maximum atomic E-state index is 13.0. The fourth-order valence-corrected chi connectivity index (χ4v) is 3.21. The molecule has 8 heteroatoms. The topological polar surface area (TPSA) is 99.5 Å². The average molecular weight is 436 g/mol. The van der Waals surface area contributed by atoms with Crippen molar-refractivity contribution in [2.24, 2.45) is 0 Å². The molecular formula is C23H18ClN3O4. The lowest BCUT2D eigenvalue weighted by Gasteiger charge is -2.26. The lowest BCUT2D eigenvalue weighted by atomic mass is 10.0. The van der Waals surface area contributed by atoms with Crippen LogP contribution in [0.3, 0.4) is 0 Å². The summed E-state index contributed by atoms with van der Waals surface area (Å²) in [7, 11) is 0. The van der Waals surface area contributed by atoms with Crippen LogP contribution in [-0.2, 0) is 16.0 Å². The van der Waals surface area contributed by atoms with Crippen molar-refractivity contribution >= 4 is 41.2 Å². The van der Waals surface area contributed by atoms with E-state index in [1.807, 2.05) is 6.07 Å². The van der Waals surface area contributed by atoms with Crippen molar-refractivity contribution in [3.63, 3.8) is 0 Å². The molecule has 0 aromatic heterocycles. The number of urea groups is 1. The van der Waals surface area contributed by atoms with Gasteiger partial charge in [0.1, 0.15) is 17.4 Å². The minimum absolute atomic E-state index is 0.109. The minimum atomic E-state index is -0.848. The highest BCUT2D eigenvalue weighted by Gasteiger charge is 2.37. The van der Waals surface area contributed by atoms with Crippen molar-refractivity contribution in [2.75, 3.05) is 11.5 Å². The summed E-state index contributed by atoms with van der Waals surface area (Å²) in [6.07, 6.45) is 3.53. The first-order valence-electron chi connectivity index (χ1n) is 9.27. The SMILES string of the molecule is C=CCc1cc(/C=C2/C(=O)NC(=O)N(c3ccc(C)c(Cl)c3)C2=O)ccc1OCC#N. The molecule has 0 saturated carbocycles. The van der Waals surface area contributed by atoms with Crippen LogP contribution in [0.15, 0.2) is 54.6 Å². The smallest absolute Gasteiger partial charge is 0.335 e. The van der Waals surface area contributed by atoms with Crippen LogP contribution in [0.5, 0.6) is 5.75 Å². The summed E-state index contributed by atoms with van der Waals surface area (Å²) >= 11 is 6.13. The quantitative estimate of drug-likeness (QED) is 0.420. The Morgan fingerprint density at radius 1 is 1.23 bits per heavy atom. The second kappa shape index (κ2) is 9.28. The standard InChI is InChI=1S/C23H18ClN3O4/c1-3-4-16-11-15(6-8-20(16)31-10-9-25)12-18-21(28)26-23(30)27(22(18)29)17-7-5-14(2)19(24)13-17/h3,5-8,11-13H,1,4,10H2,2H3,(H,26,28,30)/b18-12-. The molecule has 0 unspecified atom stereocenters. The van der Waals surface area contributed by atoms with E-state index in [4.69, 9.17) is 21.6 Å². The fraction of sp³-hybridized carbons (Fsp3) is 0.130. The molecule has 1 heterocycles. The Labute approximate surface area is 184 Å². The summed E-state index contributed by atoms with van der Waals surface area (Å²) < 4.78 is 5.39. The normalized spacial score (nSPS) is 14.9. The molecule has 1 aliphatic rings. The molecule has 31 heavy (non-hydrogen) atoms. The molecule has 0 radical (unpaired) electrons. The van der Waals surface area contributed by atoms with E-state index < -0.39 is 17.8 Å². The lowest BCUT2D eigenvalue weighted by Crippen LogP contribution is -2.54. The van der Waals surface area contributed by atoms with E-state index in [0.717, 1.165) is 16.0 Å². The molecule has 1 N–H and O–H groups in total. The summed E-state index contributed by atoms with van der Waals surface area (Å²) in [5, 5.41) is 11.3. The van der Waals surface area contributed by atoms with E-state index in [1.54, 1.807) is 43.3 Å². The number of aryl methyl sites for hydroxylation is 1. The largest absolute Gasteiger partial charge is 0.478 e. The second-order valence-electron chi connectivity index (χ2n) is 6.70. The number of allylic oxidation sites excluding steroid dienone is 1. The summed E-state index contributed by atoms with van der Waals surface area (Å²) in [4.78, 5) is 38.6. The molecule has 7 nitrogen and oxygen atoms in total. The van der Waals surface area contributed by atoms with Gasteiger partial charge in [-0.25, -0.2) is 9.69 Å². The predicted octanol–water partition coefficient (Wildman–Crippen LogP) is 3.95. The molecule has 1 saturated heterocycles. The number of nitrogens with zero attached hydrogens (tertiary/aromatic N) is 2. The number of rotatable bonds is 6. The second-order valence-corrected chi connectivity index (χ2v) is 7.11. The minimum Gasteiger partial charge on any atom is -0.478 e. The highest BCUT2D eigenvalue weighted by atomic mass is 35.5. The molecule has 2 aromatic carbocycles. The molecule has 4 amide bonds. The molecule has 0 spiro atoms. The summed E-state index contributed by atoms with van der Waals surface area (Å²) in [5.74, 6) is -1.04. The van der Waals surface area contributed by atoms with Crippen LogP contribution < -0.4 is 15.0 Å². The average Bonchev–Trinajstić information content (AvgIpc) is 2.73. The van der Waals surface area contributed by atoms with Crippen LogP contribution in [0.2, 0.25) is 5.02 Å². The van der Waals surface area contributed by atoms with E-state index in [1.165, 1.54) is 12.1 Å². The molecule has 1 aliphatic heterocycles. The summed E-state index contributed by atoms with van der Waals surface area (Å²) in [5.41, 5.74) is 2.13. The zero-order valence-corrected chi connectivity index (χ0v) is 17.4. The number of nitrogens with one attached hydrogen (secondary N) is 1. The van der Waals surface area contributed by atoms with E-state index in [0.29, 0.717) is 22.8 Å². The van der Waals surface area contributed by atoms with Gasteiger partial charge in [0.05, 0.1) is 5.69 Å². The van der Waals surface area contributed by atoms with Gasteiger partial charge in [-0.3, -0.25) is 14.9 Å². The highest BCUT2D eigenvalue weighted by molar-refractivity contribution is 6.39. The lowest BCUT2D eigenvalue weighted by molar-refractivity contribution is -0.122. The number of nitriles is 1. The molecule has 3 rings (SSSR count). The number of hydrogen-bond acceptors (Lipinski definition) is 5. The fourth-order valence-electron chi connectivity index (χ4n) is 3.03. The van der Waals surface area contributed by atoms with Crippen LogP contribution in [-0.4, -0.2) is 24.5 Å². The zero-order valence-electron chi connectivity index (χ0n) is 16.6. The van der Waals surface area contributed by atoms with Crippen molar-refractivity contribution < 1.29 is 19.1 Å². The Balaban J connectivity index is 1.99. The van der Waals surface area contributed by atoms with Gasteiger partial charge in [0.25, 0.3) is 11.8 Å². The number of halogens is 1. The zero-order chi connectivity index (χ0) is 22.5. The van der Waals surface area contributed by atoms with Gasteiger partial charge < -0.3 is 4.74 Å². The Kier molecular flexibility index (Phi) is 6.53. The third-order valence-corrected chi connectivity index (χ3v) is 4.97. The molecule has 1 fully saturated rings. The first kappa shape index (κ1) is 21.8. The maximum Gasteiger partial charge on any atom is 0.335 e. The van der Waals surface area contributed by atoms with Gasteiger partial charge >= 0.3 is 6.03 Å². The van der Waals surface area contributed by atoms with Gasteiger partial charge in [0.15, 0.2) is 6.61 Å². The number of ether oxygens (including phenoxy) is 1. The van der Waals surface area contributed by atoms with E-state index >= 15 is 0 Å². The Morgan fingerprint density at radius 3 is 2.68 bits per heavy atom. The number of benzene rings is 2. The molecule has 0 bridgehead atoms. The first-order chi connectivity index (χ1) is 14.8. The number of carbonyl (C=O) groups excluding carboxylic acids is 3. The number of imide groups is 2. The monoisotopic (exact) mass is 435 g/mol. The first-order valence-corrected chi connectivity index (χ1v) is 9.64. The highest BCUT2D eigenvalue weighted by Crippen LogP contribution is 2.28. The van der Waals surface area contributed by atoms with Gasteiger partial charge in [-0.05, 0) is 60.4 Å². The molecular weight excluding hydrogens is 418 g/mol. The maximum absolute atomic E-state index is 13.0. The van der Waals surface area contributed by atoms with Gasteiger partial charge in [0, 0.05) is 5.02 Å². The number of amides is 4. The number of hydrogen-bond donors (Lipinski definition) is 1. The third-order valence-electron chi connectivity index (χ3n) is 4.57. The predicted molar refractivity (Wildman–Crippen MR) is 117 cm³/mol. The van der Waals surface area contributed by atoms with Crippen molar-refractivity contribution in [1.82, 2.24) is 5.32 Å². The van der Waals surface area contributed by atoms with E-state index in [9.17, 15) is 14.4 Å². The Hall–Kier alpha value is -3.89. The molecule has 0 aliphatic carbocycles. The van der Waals surface area contributed by atoms with Gasteiger partial charge in [-0.15, -0.1) is 6.58 Å². The van der Waals surface area contributed by atoms with E-state index in [2.05, 4.69) is 11.9 Å².